The lowest BCUT2D eigenvalue weighted by Gasteiger charge is -2.24. The molecule has 0 aromatic heterocycles. The number of Topliss-reactive ketones (excluding diaryl/α,β-unsaturated/α-hetero) is 1. The van der Waals surface area contributed by atoms with Crippen LogP contribution in [0.3, 0.4) is 0 Å². The smallest absolute Gasteiger partial charge is 0.159 e. The number of hydrogen-bond acceptors (Lipinski definition) is 2. The fraction of sp³-hybridized carbons (Fsp3) is 0.500. The van der Waals surface area contributed by atoms with E-state index in [1.165, 1.54) is 13.0 Å². The Morgan fingerprint density at radius 2 is 1.82 bits per heavy atom. The standard InChI is InChI=1S/C14H20FNO/c1-4-8-16(9-5-2)14-7-6-12(11(3)17)10-13(14)15/h6-7,10H,4-5,8-9H2,1-3H3. The molecule has 94 valence electrons. The van der Waals surface area contributed by atoms with E-state index in [-0.39, 0.29) is 11.6 Å². The van der Waals surface area contributed by atoms with Gasteiger partial charge >= 0.3 is 0 Å². The Kier molecular flexibility index (Phi) is 5.13. The monoisotopic (exact) mass is 237 g/mol. The number of nitrogens with zero attached hydrogens (tertiary/aromatic N) is 1. The van der Waals surface area contributed by atoms with E-state index in [4.69, 9.17) is 0 Å². The first-order valence-corrected chi connectivity index (χ1v) is 6.15. The van der Waals surface area contributed by atoms with Crippen molar-refractivity contribution >= 4 is 11.5 Å². The van der Waals surface area contributed by atoms with Crippen molar-refractivity contribution in [3.63, 3.8) is 0 Å². The van der Waals surface area contributed by atoms with Gasteiger partial charge in [0, 0.05) is 18.7 Å². The molecule has 1 aromatic carbocycles. The van der Waals surface area contributed by atoms with Crippen LogP contribution in [0.1, 0.15) is 44.0 Å². The van der Waals surface area contributed by atoms with Crippen LogP contribution >= 0.6 is 0 Å². The number of halogens is 1. The summed E-state index contributed by atoms with van der Waals surface area (Å²) in [6, 6.07) is 4.73. The molecular weight excluding hydrogens is 217 g/mol. The Bertz CT molecular complexity index is 384. The first kappa shape index (κ1) is 13.7. The normalized spacial score (nSPS) is 10.4. The summed E-state index contributed by atoms with van der Waals surface area (Å²) in [6.45, 7) is 7.27. The molecule has 0 aliphatic heterocycles. The van der Waals surface area contributed by atoms with E-state index in [0.29, 0.717) is 11.3 Å². The highest BCUT2D eigenvalue weighted by Crippen LogP contribution is 2.21. The summed E-state index contributed by atoms with van der Waals surface area (Å²) in [5.74, 6) is -0.410. The fourth-order valence-electron chi connectivity index (χ4n) is 1.87. The lowest BCUT2D eigenvalue weighted by Crippen LogP contribution is -2.25. The third kappa shape index (κ3) is 3.55. The van der Waals surface area contributed by atoms with Gasteiger partial charge in [-0.1, -0.05) is 13.8 Å². The molecule has 1 rings (SSSR count). The summed E-state index contributed by atoms with van der Waals surface area (Å²) in [5, 5.41) is 0. The van der Waals surface area contributed by atoms with E-state index < -0.39 is 0 Å². The summed E-state index contributed by atoms with van der Waals surface area (Å²) in [7, 11) is 0. The van der Waals surface area contributed by atoms with E-state index in [1.54, 1.807) is 12.1 Å². The predicted molar refractivity (Wildman–Crippen MR) is 69.2 cm³/mol. The topological polar surface area (TPSA) is 20.3 Å². The maximum atomic E-state index is 13.9. The van der Waals surface area contributed by atoms with Gasteiger partial charge in [-0.2, -0.15) is 0 Å². The second-order valence-electron chi connectivity index (χ2n) is 4.21. The van der Waals surface area contributed by atoms with Crippen molar-refractivity contribution < 1.29 is 9.18 Å². The van der Waals surface area contributed by atoms with Gasteiger partial charge in [0.1, 0.15) is 5.82 Å². The lowest BCUT2D eigenvalue weighted by molar-refractivity contribution is 0.101. The zero-order chi connectivity index (χ0) is 12.8. The molecule has 0 fully saturated rings. The molecule has 0 N–H and O–H groups in total. The number of rotatable bonds is 6. The van der Waals surface area contributed by atoms with Crippen LogP contribution in [0.2, 0.25) is 0 Å². The molecule has 0 saturated carbocycles. The van der Waals surface area contributed by atoms with Crippen LogP contribution in [0.25, 0.3) is 0 Å². The van der Waals surface area contributed by atoms with Crippen molar-refractivity contribution in [1.29, 1.82) is 0 Å². The number of ketones is 1. The van der Waals surface area contributed by atoms with E-state index in [9.17, 15) is 9.18 Å². The molecule has 17 heavy (non-hydrogen) atoms. The highest BCUT2D eigenvalue weighted by atomic mass is 19.1. The molecule has 0 radical (unpaired) electrons. The predicted octanol–water partition coefficient (Wildman–Crippen LogP) is 3.65. The van der Waals surface area contributed by atoms with Crippen LogP contribution in [0, 0.1) is 5.82 Å². The minimum atomic E-state index is -0.306. The average molecular weight is 237 g/mol. The van der Waals surface area contributed by atoms with E-state index in [0.717, 1.165) is 25.9 Å². The Balaban J connectivity index is 2.99. The molecule has 0 heterocycles. The van der Waals surface area contributed by atoms with Gasteiger partial charge in [-0.15, -0.1) is 0 Å². The molecule has 0 bridgehead atoms. The van der Waals surface area contributed by atoms with Gasteiger partial charge in [0.2, 0.25) is 0 Å². The summed E-state index contributed by atoms with van der Waals surface area (Å²) in [5.41, 5.74) is 1.03. The largest absolute Gasteiger partial charge is 0.369 e. The third-order valence-corrected chi connectivity index (χ3v) is 2.68. The molecule has 0 saturated heterocycles. The van der Waals surface area contributed by atoms with Crippen molar-refractivity contribution in [3.8, 4) is 0 Å². The number of hydrogen-bond donors (Lipinski definition) is 0. The molecule has 0 spiro atoms. The Labute approximate surface area is 102 Å². The number of carbonyl (C=O) groups is 1. The van der Waals surface area contributed by atoms with Crippen LogP contribution in [0.15, 0.2) is 18.2 Å². The van der Waals surface area contributed by atoms with Crippen LogP contribution in [-0.2, 0) is 0 Å². The van der Waals surface area contributed by atoms with Gasteiger partial charge < -0.3 is 4.90 Å². The van der Waals surface area contributed by atoms with Gasteiger partial charge in [-0.05, 0) is 38.0 Å². The molecule has 0 atom stereocenters. The average Bonchev–Trinajstić information content (AvgIpc) is 2.28. The minimum Gasteiger partial charge on any atom is -0.369 e. The van der Waals surface area contributed by atoms with Gasteiger partial charge in [-0.3, -0.25) is 4.79 Å². The van der Waals surface area contributed by atoms with Gasteiger partial charge in [0.15, 0.2) is 5.78 Å². The first-order valence-electron chi connectivity index (χ1n) is 6.15. The summed E-state index contributed by atoms with van der Waals surface area (Å²) < 4.78 is 13.9. The zero-order valence-corrected chi connectivity index (χ0v) is 10.8. The van der Waals surface area contributed by atoms with Gasteiger partial charge in [-0.25, -0.2) is 4.39 Å². The Hall–Kier alpha value is -1.38. The molecule has 3 heteroatoms. The third-order valence-electron chi connectivity index (χ3n) is 2.68. The zero-order valence-electron chi connectivity index (χ0n) is 10.8. The Morgan fingerprint density at radius 3 is 2.24 bits per heavy atom. The van der Waals surface area contributed by atoms with Crippen LogP contribution < -0.4 is 4.90 Å². The highest BCUT2D eigenvalue weighted by molar-refractivity contribution is 5.94. The molecule has 1 aromatic rings. The van der Waals surface area contributed by atoms with Crippen molar-refractivity contribution in [2.24, 2.45) is 0 Å². The van der Waals surface area contributed by atoms with E-state index >= 15 is 0 Å². The van der Waals surface area contributed by atoms with E-state index in [2.05, 4.69) is 13.8 Å². The second kappa shape index (κ2) is 6.38. The highest BCUT2D eigenvalue weighted by Gasteiger charge is 2.11. The van der Waals surface area contributed by atoms with Crippen LogP contribution in [0.5, 0.6) is 0 Å². The Morgan fingerprint density at radius 1 is 1.24 bits per heavy atom. The molecule has 2 nitrogen and oxygen atoms in total. The minimum absolute atomic E-state index is 0.104. The molecule has 0 unspecified atom stereocenters. The quantitative estimate of drug-likeness (QED) is 0.704. The van der Waals surface area contributed by atoms with E-state index in [1.807, 2.05) is 4.90 Å². The maximum absolute atomic E-state index is 13.9. The van der Waals surface area contributed by atoms with Crippen molar-refractivity contribution in [1.82, 2.24) is 0 Å². The van der Waals surface area contributed by atoms with Gasteiger partial charge in [0.05, 0.1) is 5.69 Å². The molecule has 0 aliphatic rings. The SMILES string of the molecule is CCCN(CCC)c1ccc(C(C)=O)cc1F. The summed E-state index contributed by atoms with van der Waals surface area (Å²) in [4.78, 5) is 13.2. The van der Waals surface area contributed by atoms with Crippen LogP contribution in [-0.4, -0.2) is 18.9 Å². The van der Waals surface area contributed by atoms with Crippen molar-refractivity contribution in [2.75, 3.05) is 18.0 Å². The summed E-state index contributed by atoms with van der Waals surface area (Å²) in [6.07, 6.45) is 1.96. The van der Waals surface area contributed by atoms with Crippen molar-refractivity contribution in [2.45, 2.75) is 33.6 Å². The number of benzene rings is 1. The first-order chi connectivity index (χ1) is 8.10. The second-order valence-corrected chi connectivity index (χ2v) is 4.21. The molecule has 0 amide bonds. The fourth-order valence-corrected chi connectivity index (χ4v) is 1.87. The van der Waals surface area contributed by atoms with Crippen LogP contribution in [0.4, 0.5) is 10.1 Å². The van der Waals surface area contributed by atoms with Crippen molar-refractivity contribution in [3.05, 3.63) is 29.6 Å². The molecular formula is C14H20FNO. The lowest BCUT2D eigenvalue weighted by atomic mass is 10.1. The number of anilines is 1. The maximum Gasteiger partial charge on any atom is 0.159 e. The summed E-state index contributed by atoms with van der Waals surface area (Å²) >= 11 is 0. The molecule has 0 aliphatic carbocycles. The number of carbonyl (C=O) groups excluding carboxylic acids is 1. The van der Waals surface area contributed by atoms with Gasteiger partial charge in [0.25, 0.3) is 0 Å².